The Morgan fingerprint density at radius 2 is 1.80 bits per heavy atom. The lowest BCUT2D eigenvalue weighted by molar-refractivity contribution is 0.0537. The van der Waals surface area contributed by atoms with Crippen LogP contribution in [0.3, 0.4) is 0 Å². The van der Waals surface area contributed by atoms with Crippen molar-refractivity contribution in [3.05, 3.63) is 65.2 Å². The molecule has 2 aromatic rings. The highest BCUT2D eigenvalue weighted by Gasteiger charge is 2.27. The molecule has 0 aliphatic rings. The monoisotopic (exact) mass is 278 g/mol. The van der Waals surface area contributed by atoms with Gasteiger partial charge in [0.05, 0.1) is 12.7 Å². The normalized spacial score (nSPS) is 13.8. The second kappa shape index (κ2) is 5.59. The highest BCUT2D eigenvalue weighted by Crippen LogP contribution is 2.28. The van der Waals surface area contributed by atoms with E-state index in [0.29, 0.717) is 5.56 Å². The predicted molar refractivity (Wildman–Crippen MR) is 72.6 cm³/mol. The van der Waals surface area contributed by atoms with Crippen LogP contribution >= 0.6 is 0 Å². The third-order valence-corrected chi connectivity index (χ3v) is 3.22. The Balaban J connectivity index is 2.28. The summed E-state index contributed by atoms with van der Waals surface area (Å²) in [4.78, 5) is 0. The van der Waals surface area contributed by atoms with E-state index in [9.17, 15) is 13.9 Å². The van der Waals surface area contributed by atoms with Gasteiger partial charge >= 0.3 is 0 Å². The molecule has 0 aromatic heterocycles. The van der Waals surface area contributed by atoms with Gasteiger partial charge in [-0.15, -0.1) is 0 Å². The van der Waals surface area contributed by atoms with E-state index in [1.165, 1.54) is 38.3 Å². The summed E-state index contributed by atoms with van der Waals surface area (Å²) in [6.45, 7) is 1.51. The maximum atomic E-state index is 13.7. The number of hydrogen-bond acceptors (Lipinski definition) is 2. The molecule has 0 aliphatic heterocycles. The molecule has 2 nitrogen and oxygen atoms in total. The Morgan fingerprint density at radius 1 is 1.10 bits per heavy atom. The third-order valence-electron chi connectivity index (χ3n) is 3.22. The molecular formula is C16H16F2O2. The number of rotatable bonds is 4. The molecule has 1 atom stereocenters. The van der Waals surface area contributed by atoms with Crippen LogP contribution in [0.2, 0.25) is 0 Å². The topological polar surface area (TPSA) is 29.5 Å². The molecule has 106 valence electrons. The summed E-state index contributed by atoms with van der Waals surface area (Å²) in [5.74, 6) is -0.847. The van der Waals surface area contributed by atoms with Crippen molar-refractivity contribution in [2.24, 2.45) is 0 Å². The van der Waals surface area contributed by atoms with Crippen LogP contribution in [-0.2, 0) is 12.0 Å². The van der Waals surface area contributed by atoms with Crippen LogP contribution in [0.25, 0.3) is 0 Å². The average molecular weight is 278 g/mol. The zero-order valence-corrected chi connectivity index (χ0v) is 11.4. The minimum absolute atomic E-state index is 0.106. The minimum atomic E-state index is -1.41. The molecule has 0 bridgehead atoms. The molecule has 0 amide bonds. The first kappa shape index (κ1) is 14.5. The molecular weight excluding hydrogens is 262 g/mol. The average Bonchev–Trinajstić information content (AvgIpc) is 2.38. The highest BCUT2D eigenvalue weighted by molar-refractivity contribution is 5.32. The van der Waals surface area contributed by atoms with Gasteiger partial charge in [-0.3, -0.25) is 0 Å². The highest BCUT2D eigenvalue weighted by atomic mass is 19.1. The van der Waals surface area contributed by atoms with Crippen LogP contribution < -0.4 is 4.74 Å². The van der Waals surface area contributed by atoms with Gasteiger partial charge in [0.2, 0.25) is 0 Å². The van der Waals surface area contributed by atoms with Crippen LogP contribution in [0.15, 0.2) is 42.5 Å². The van der Waals surface area contributed by atoms with E-state index in [1.807, 2.05) is 0 Å². The summed E-state index contributed by atoms with van der Waals surface area (Å²) in [5.41, 5.74) is -0.653. The molecule has 0 heterocycles. The van der Waals surface area contributed by atoms with E-state index in [4.69, 9.17) is 4.74 Å². The van der Waals surface area contributed by atoms with Gasteiger partial charge in [-0.25, -0.2) is 8.78 Å². The van der Waals surface area contributed by atoms with E-state index in [-0.39, 0.29) is 17.7 Å². The molecule has 0 spiro atoms. The molecule has 1 unspecified atom stereocenters. The summed E-state index contributed by atoms with van der Waals surface area (Å²) < 4.78 is 32.2. The van der Waals surface area contributed by atoms with E-state index in [0.717, 1.165) is 0 Å². The number of ether oxygens (including phenoxy) is 1. The summed E-state index contributed by atoms with van der Waals surface area (Å²) in [7, 11) is 1.38. The number of benzene rings is 2. The molecule has 0 fully saturated rings. The molecule has 0 radical (unpaired) electrons. The van der Waals surface area contributed by atoms with Gasteiger partial charge in [0.1, 0.15) is 5.82 Å². The van der Waals surface area contributed by atoms with Crippen LogP contribution in [0, 0.1) is 11.6 Å². The zero-order chi connectivity index (χ0) is 14.8. The van der Waals surface area contributed by atoms with Crippen molar-refractivity contribution in [2.45, 2.75) is 18.9 Å². The Labute approximate surface area is 116 Å². The van der Waals surface area contributed by atoms with Crippen molar-refractivity contribution in [1.82, 2.24) is 0 Å². The molecule has 2 aromatic carbocycles. The lowest BCUT2D eigenvalue weighted by Gasteiger charge is -2.24. The SMILES string of the molecule is COc1ccc(CC(C)(O)c2ccccc2F)cc1F. The van der Waals surface area contributed by atoms with Crippen LogP contribution in [0.1, 0.15) is 18.1 Å². The Hall–Kier alpha value is -1.94. The summed E-state index contributed by atoms with van der Waals surface area (Å²) in [6.07, 6.45) is 0.106. The van der Waals surface area contributed by atoms with E-state index >= 15 is 0 Å². The van der Waals surface area contributed by atoms with Gasteiger partial charge in [-0.05, 0) is 30.7 Å². The van der Waals surface area contributed by atoms with E-state index in [2.05, 4.69) is 0 Å². The standard InChI is InChI=1S/C16H16F2O2/c1-16(19,12-5-3-4-6-13(12)17)10-11-7-8-15(20-2)14(18)9-11/h3-9,19H,10H2,1-2H3. The van der Waals surface area contributed by atoms with Gasteiger partial charge in [0, 0.05) is 12.0 Å². The van der Waals surface area contributed by atoms with E-state index in [1.54, 1.807) is 18.2 Å². The molecule has 20 heavy (non-hydrogen) atoms. The quantitative estimate of drug-likeness (QED) is 0.928. The van der Waals surface area contributed by atoms with Crippen molar-refractivity contribution in [3.63, 3.8) is 0 Å². The number of halogens is 2. The van der Waals surface area contributed by atoms with Crippen LogP contribution in [0.4, 0.5) is 8.78 Å². The first-order valence-corrected chi connectivity index (χ1v) is 6.24. The van der Waals surface area contributed by atoms with Gasteiger partial charge in [0.25, 0.3) is 0 Å². The maximum absolute atomic E-state index is 13.7. The van der Waals surface area contributed by atoms with Gasteiger partial charge < -0.3 is 9.84 Å². The van der Waals surface area contributed by atoms with Crippen molar-refractivity contribution >= 4 is 0 Å². The van der Waals surface area contributed by atoms with Crippen molar-refractivity contribution in [2.75, 3.05) is 7.11 Å². The molecule has 4 heteroatoms. The first-order valence-electron chi connectivity index (χ1n) is 6.24. The second-order valence-electron chi connectivity index (χ2n) is 4.90. The molecule has 0 aliphatic carbocycles. The molecule has 2 rings (SSSR count). The number of hydrogen-bond donors (Lipinski definition) is 1. The van der Waals surface area contributed by atoms with Crippen molar-refractivity contribution in [3.8, 4) is 5.75 Å². The van der Waals surface area contributed by atoms with Crippen molar-refractivity contribution in [1.29, 1.82) is 0 Å². The Bertz CT molecular complexity index is 609. The smallest absolute Gasteiger partial charge is 0.165 e. The lowest BCUT2D eigenvalue weighted by atomic mass is 9.88. The van der Waals surface area contributed by atoms with E-state index < -0.39 is 17.2 Å². The molecule has 1 N–H and O–H groups in total. The lowest BCUT2D eigenvalue weighted by Crippen LogP contribution is -2.25. The van der Waals surface area contributed by atoms with Gasteiger partial charge in [-0.1, -0.05) is 24.3 Å². The fourth-order valence-corrected chi connectivity index (χ4v) is 2.21. The largest absolute Gasteiger partial charge is 0.494 e. The number of aliphatic hydroxyl groups is 1. The third kappa shape index (κ3) is 2.96. The summed E-state index contributed by atoms with van der Waals surface area (Å²) in [5, 5.41) is 10.4. The van der Waals surface area contributed by atoms with Crippen LogP contribution in [-0.4, -0.2) is 12.2 Å². The van der Waals surface area contributed by atoms with Crippen LogP contribution in [0.5, 0.6) is 5.75 Å². The van der Waals surface area contributed by atoms with Crippen molar-refractivity contribution < 1.29 is 18.6 Å². The Morgan fingerprint density at radius 3 is 2.40 bits per heavy atom. The Kier molecular flexibility index (Phi) is 4.04. The fraction of sp³-hybridized carbons (Fsp3) is 0.250. The zero-order valence-electron chi connectivity index (χ0n) is 11.4. The predicted octanol–water partition coefficient (Wildman–Crippen LogP) is 3.42. The molecule has 0 saturated carbocycles. The summed E-state index contributed by atoms with van der Waals surface area (Å²) in [6, 6.07) is 10.4. The number of methoxy groups -OCH3 is 1. The van der Waals surface area contributed by atoms with Gasteiger partial charge in [0.15, 0.2) is 11.6 Å². The fourth-order valence-electron chi connectivity index (χ4n) is 2.21. The first-order chi connectivity index (χ1) is 9.44. The molecule has 0 saturated heterocycles. The van der Waals surface area contributed by atoms with Gasteiger partial charge in [-0.2, -0.15) is 0 Å². The minimum Gasteiger partial charge on any atom is -0.494 e. The maximum Gasteiger partial charge on any atom is 0.165 e. The second-order valence-corrected chi connectivity index (χ2v) is 4.90. The summed E-state index contributed by atoms with van der Waals surface area (Å²) >= 11 is 0.